The van der Waals surface area contributed by atoms with Crippen molar-refractivity contribution in [3.05, 3.63) is 60.0 Å². The molecule has 17 heteroatoms. The zero-order valence-corrected chi connectivity index (χ0v) is 31.1. The molecular formula is C36H46FN5O10S. The number of ketones is 1. The molecule has 2 aliphatic carbocycles. The van der Waals surface area contributed by atoms with Gasteiger partial charge in [0, 0.05) is 30.9 Å². The van der Waals surface area contributed by atoms with Gasteiger partial charge in [0.25, 0.3) is 5.91 Å². The number of carbonyl (C=O) groups is 6. The summed E-state index contributed by atoms with van der Waals surface area (Å²) in [6.07, 6.45) is -1.18. The van der Waals surface area contributed by atoms with Gasteiger partial charge in [-0.25, -0.2) is 22.4 Å². The molecule has 288 valence electrons. The lowest BCUT2D eigenvalue weighted by molar-refractivity contribution is -0.141. The minimum atomic E-state index is -3.97. The lowest BCUT2D eigenvalue weighted by atomic mass is 10.0. The zero-order valence-electron chi connectivity index (χ0n) is 30.2. The molecule has 2 unspecified atom stereocenters. The first-order valence-corrected chi connectivity index (χ1v) is 19.0. The van der Waals surface area contributed by atoms with Crippen LogP contribution in [0.4, 0.5) is 14.0 Å². The third-order valence-electron chi connectivity index (χ3n) is 9.67. The number of fused-ring (bicyclic) bond motifs is 1. The van der Waals surface area contributed by atoms with Gasteiger partial charge >= 0.3 is 12.2 Å². The third-order valence-corrected chi connectivity index (χ3v) is 11.5. The van der Waals surface area contributed by atoms with E-state index >= 15 is 0 Å². The van der Waals surface area contributed by atoms with Crippen molar-refractivity contribution in [3.63, 3.8) is 0 Å². The van der Waals surface area contributed by atoms with Gasteiger partial charge in [-0.1, -0.05) is 24.8 Å². The van der Waals surface area contributed by atoms with Crippen LogP contribution in [0.5, 0.6) is 0 Å². The van der Waals surface area contributed by atoms with Gasteiger partial charge in [-0.2, -0.15) is 0 Å². The van der Waals surface area contributed by atoms with Crippen molar-refractivity contribution in [1.29, 1.82) is 0 Å². The minimum absolute atomic E-state index is 0.0469. The summed E-state index contributed by atoms with van der Waals surface area (Å²) in [7, 11) is -3.97. The van der Waals surface area contributed by atoms with Gasteiger partial charge in [0.05, 0.1) is 18.3 Å². The van der Waals surface area contributed by atoms with Crippen molar-refractivity contribution in [2.45, 2.75) is 114 Å². The van der Waals surface area contributed by atoms with Gasteiger partial charge in [-0.3, -0.25) is 28.8 Å². The predicted octanol–water partition coefficient (Wildman–Crippen LogP) is 2.74. The summed E-state index contributed by atoms with van der Waals surface area (Å²) in [5, 5.41) is 4.44. The number of allylic oxidation sites excluding steroid dienone is 1. The second kappa shape index (κ2) is 14.9. The van der Waals surface area contributed by atoms with Gasteiger partial charge in [0.1, 0.15) is 35.1 Å². The van der Waals surface area contributed by atoms with E-state index in [0.29, 0.717) is 24.0 Å². The number of nitrogens with zero attached hydrogens (tertiary/aromatic N) is 2. The van der Waals surface area contributed by atoms with E-state index in [4.69, 9.17) is 9.47 Å². The summed E-state index contributed by atoms with van der Waals surface area (Å²) in [4.78, 5) is 82.9. The van der Waals surface area contributed by atoms with Crippen LogP contribution in [0.1, 0.15) is 77.3 Å². The quantitative estimate of drug-likeness (QED) is 0.199. The van der Waals surface area contributed by atoms with Crippen LogP contribution in [0.3, 0.4) is 0 Å². The molecule has 0 spiro atoms. The fraction of sp³-hybridized carbons (Fsp3) is 0.556. The highest BCUT2D eigenvalue weighted by Crippen LogP contribution is 2.45. The Bertz CT molecular complexity index is 1840. The Morgan fingerprint density at radius 2 is 1.83 bits per heavy atom. The molecule has 5 rings (SSSR count). The second-order valence-corrected chi connectivity index (χ2v) is 17.1. The maximum Gasteiger partial charge on any atom is 0.410 e. The molecule has 3 N–H and O–H groups in total. The Morgan fingerprint density at radius 1 is 1.13 bits per heavy atom. The fourth-order valence-electron chi connectivity index (χ4n) is 6.52. The Morgan fingerprint density at radius 3 is 2.42 bits per heavy atom. The van der Waals surface area contributed by atoms with Gasteiger partial charge in [-0.05, 0) is 70.6 Å². The number of rotatable bonds is 13. The lowest BCUT2D eigenvalue weighted by Gasteiger charge is -2.30. The standard InChI is InChI=1S/C36H46FN5O10S/c1-7-22-16-36(22,32(46)40-53(49,50)24-11-12-24)39-30(44)28-15-23(51-34(48)41-17-21-9-8-10-26(37)25(21)19-41)18-42(28)31(45)27(13-14-29(43)20(2)3)38-33(47)52-35(4,5)6/h7-10,22-24,27-28H,1-2,11-19H2,3-6H3,(H,38,47)(H,39,44)(H,40,46)/t22?,23-,27+,28+,36?/m1/s1. The monoisotopic (exact) mass is 759 g/mol. The first kappa shape index (κ1) is 39.4. The van der Waals surface area contributed by atoms with E-state index in [-0.39, 0.29) is 56.7 Å². The number of ether oxygens (including phenoxy) is 2. The normalized spacial score (nSPS) is 24.0. The molecule has 0 aromatic heterocycles. The highest BCUT2D eigenvalue weighted by Gasteiger charge is 2.62. The second-order valence-electron chi connectivity index (χ2n) is 15.1. The number of halogens is 1. The molecule has 3 fully saturated rings. The molecule has 0 radical (unpaired) electrons. The summed E-state index contributed by atoms with van der Waals surface area (Å²) >= 11 is 0. The Labute approximate surface area is 307 Å². The van der Waals surface area contributed by atoms with E-state index in [2.05, 4.69) is 28.5 Å². The van der Waals surface area contributed by atoms with Gasteiger partial charge in [0.2, 0.25) is 21.8 Å². The van der Waals surface area contributed by atoms with Crippen molar-refractivity contribution >= 4 is 45.7 Å². The van der Waals surface area contributed by atoms with Crippen LogP contribution in [-0.4, -0.2) is 95.0 Å². The molecule has 1 aromatic carbocycles. The number of nitrogens with one attached hydrogen (secondary N) is 3. The number of hydrogen-bond acceptors (Lipinski definition) is 10. The van der Waals surface area contributed by atoms with E-state index in [0.717, 1.165) is 4.90 Å². The molecule has 15 nitrogen and oxygen atoms in total. The smallest absolute Gasteiger partial charge is 0.410 e. The molecule has 0 bridgehead atoms. The van der Waals surface area contributed by atoms with Crippen LogP contribution in [0.2, 0.25) is 0 Å². The molecule has 4 aliphatic rings. The highest BCUT2D eigenvalue weighted by molar-refractivity contribution is 7.91. The van der Waals surface area contributed by atoms with E-state index in [1.54, 1.807) is 26.8 Å². The molecule has 2 aliphatic heterocycles. The molecule has 1 saturated heterocycles. The van der Waals surface area contributed by atoms with Crippen molar-refractivity contribution in [1.82, 2.24) is 25.2 Å². The Balaban J connectivity index is 1.39. The van der Waals surface area contributed by atoms with Crippen LogP contribution in [-0.2, 0) is 51.8 Å². The van der Waals surface area contributed by atoms with Crippen molar-refractivity contribution in [2.75, 3.05) is 6.54 Å². The maximum absolute atomic E-state index is 14.4. The predicted molar refractivity (Wildman–Crippen MR) is 188 cm³/mol. The summed E-state index contributed by atoms with van der Waals surface area (Å²) < 4.78 is 52.9. The van der Waals surface area contributed by atoms with E-state index in [1.807, 2.05) is 0 Å². The van der Waals surface area contributed by atoms with E-state index in [1.165, 1.54) is 30.0 Å². The number of alkyl carbamates (subject to hydrolysis) is 1. The van der Waals surface area contributed by atoms with E-state index < -0.39 is 86.2 Å². The van der Waals surface area contributed by atoms with Crippen LogP contribution in [0.15, 0.2) is 43.0 Å². The summed E-state index contributed by atoms with van der Waals surface area (Å²) in [6, 6.07) is 1.76. The zero-order chi connectivity index (χ0) is 39.0. The summed E-state index contributed by atoms with van der Waals surface area (Å²) in [6.45, 7) is 13.4. The van der Waals surface area contributed by atoms with Crippen LogP contribution in [0.25, 0.3) is 0 Å². The number of benzene rings is 1. The number of amides is 5. The number of Topliss-reactive ketones (excluding diaryl/α,β-unsaturated/α-hetero) is 1. The SMILES string of the molecule is C=CC1CC1(NC(=O)[C@@H]1C[C@@H](OC(=O)N2Cc3cccc(F)c3C2)CN1C(=O)[C@H](CCC(=O)C(=C)C)NC(=O)OC(C)(C)C)C(=O)NS(=O)(=O)C1CC1. The topological polar surface area (TPSA) is 198 Å². The maximum atomic E-state index is 14.4. The largest absolute Gasteiger partial charge is 0.444 e. The van der Waals surface area contributed by atoms with Crippen molar-refractivity contribution in [3.8, 4) is 0 Å². The molecule has 5 amide bonds. The van der Waals surface area contributed by atoms with E-state index in [9.17, 15) is 41.6 Å². The molecule has 2 saturated carbocycles. The fourth-order valence-corrected chi connectivity index (χ4v) is 7.88. The summed E-state index contributed by atoms with van der Waals surface area (Å²) in [5.41, 5.74) is -1.42. The first-order chi connectivity index (χ1) is 24.7. The van der Waals surface area contributed by atoms with Gasteiger partial charge < -0.3 is 25.0 Å². The number of likely N-dealkylation sites (tertiary alicyclic amines) is 1. The Hall–Kier alpha value is -4.80. The molecule has 5 atom stereocenters. The van der Waals surface area contributed by atoms with Crippen LogP contribution < -0.4 is 15.4 Å². The number of carbonyl (C=O) groups excluding carboxylic acids is 6. The average Bonchev–Trinajstić information content (AvgIpc) is 3.96. The molecule has 53 heavy (non-hydrogen) atoms. The summed E-state index contributed by atoms with van der Waals surface area (Å²) in [5.74, 6) is -4.04. The van der Waals surface area contributed by atoms with Gasteiger partial charge in [-0.15, -0.1) is 6.58 Å². The molecular weight excluding hydrogens is 713 g/mol. The molecule has 1 aromatic rings. The average molecular weight is 760 g/mol. The first-order valence-electron chi connectivity index (χ1n) is 17.5. The third kappa shape index (κ3) is 9.05. The van der Waals surface area contributed by atoms with Gasteiger partial charge in [0.15, 0.2) is 5.78 Å². The Kier molecular flexibility index (Phi) is 11.1. The van der Waals surface area contributed by atoms with Crippen LogP contribution in [0, 0.1) is 11.7 Å². The van der Waals surface area contributed by atoms with Crippen molar-refractivity contribution in [2.24, 2.45) is 5.92 Å². The van der Waals surface area contributed by atoms with Crippen LogP contribution >= 0.6 is 0 Å². The highest BCUT2D eigenvalue weighted by atomic mass is 32.2. The lowest BCUT2D eigenvalue weighted by Crippen LogP contribution is -2.58. The number of hydrogen-bond donors (Lipinski definition) is 3. The molecule has 2 heterocycles. The van der Waals surface area contributed by atoms with Crippen molar-refractivity contribution < 1.29 is 51.0 Å². The number of sulfonamides is 1. The minimum Gasteiger partial charge on any atom is -0.444 e.